The summed E-state index contributed by atoms with van der Waals surface area (Å²) in [5, 5.41) is 20.8. The Morgan fingerprint density at radius 3 is 2.57 bits per heavy atom. The van der Waals surface area contributed by atoms with Crippen LogP contribution in [0.1, 0.15) is 23.2 Å². The van der Waals surface area contributed by atoms with E-state index in [1.165, 1.54) is 25.3 Å². The van der Waals surface area contributed by atoms with E-state index >= 15 is 0 Å². The van der Waals surface area contributed by atoms with E-state index in [4.69, 9.17) is 5.11 Å². The monoisotopic (exact) mass is 359 g/mol. The van der Waals surface area contributed by atoms with E-state index in [1.54, 1.807) is 0 Å². The van der Waals surface area contributed by atoms with Crippen LogP contribution in [-0.2, 0) is 14.3 Å². The van der Waals surface area contributed by atoms with Crippen LogP contribution in [0.2, 0.25) is 0 Å². The molecule has 114 valence electrons. The van der Waals surface area contributed by atoms with Crippen molar-refractivity contribution in [3.8, 4) is 5.75 Å². The molecule has 0 aliphatic rings. The molecule has 1 atom stereocenters. The molecule has 3 N–H and O–H groups in total. The minimum atomic E-state index is -1.26. The summed E-state index contributed by atoms with van der Waals surface area (Å²) >= 11 is 3.07. The molecule has 0 radical (unpaired) electrons. The Morgan fingerprint density at radius 2 is 2.05 bits per heavy atom. The normalized spacial score (nSPS) is 11.5. The van der Waals surface area contributed by atoms with E-state index in [0.717, 1.165) is 0 Å². The Labute approximate surface area is 129 Å². The van der Waals surface area contributed by atoms with E-state index in [2.05, 4.69) is 26.0 Å². The highest BCUT2D eigenvalue weighted by molar-refractivity contribution is 9.10. The number of hydrogen-bond acceptors (Lipinski definition) is 5. The first-order valence-electron chi connectivity index (χ1n) is 5.94. The van der Waals surface area contributed by atoms with Gasteiger partial charge in [0.15, 0.2) is 0 Å². The summed E-state index contributed by atoms with van der Waals surface area (Å²) < 4.78 is 4.83. The molecule has 0 heterocycles. The van der Waals surface area contributed by atoms with Gasteiger partial charge in [-0.05, 0) is 40.5 Å². The van der Waals surface area contributed by atoms with Crippen molar-refractivity contribution < 1.29 is 29.3 Å². The quantitative estimate of drug-likeness (QED) is 0.659. The second-order valence-electron chi connectivity index (χ2n) is 4.15. The molecule has 0 spiro atoms. The van der Waals surface area contributed by atoms with Crippen molar-refractivity contribution in [2.45, 2.75) is 18.9 Å². The van der Waals surface area contributed by atoms with Gasteiger partial charge in [-0.3, -0.25) is 9.59 Å². The summed E-state index contributed by atoms with van der Waals surface area (Å²) in [5.74, 6) is -2.61. The average molecular weight is 360 g/mol. The third-order valence-electron chi connectivity index (χ3n) is 2.68. The largest absolute Gasteiger partial charge is 0.507 e. The lowest BCUT2D eigenvalue weighted by molar-refractivity contribution is -0.142. The first kappa shape index (κ1) is 17.0. The van der Waals surface area contributed by atoms with Crippen LogP contribution in [0, 0.1) is 0 Å². The number of rotatable bonds is 6. The zero-order valence-electron chi connectivity index (χ0n) is 11.1. The predicted molar refractivity (Wildman–Crippen MR) is 75.9 cm³/mol. The highest BCUT2D eigenvalue weighted by Gasteiger charge is 2.22. The molecule has 0 bridgehead atoms. The van der Waals surface area contributed by atoms with Crippen LogP contribution in [0.5, 0.6) is 5.75 Å². The van der Waals surface area contributed by atoms with Gasteiger partial charge in [0.2, 0.25) is 0 Å². The van der Waals surface area contributed by atoms with E-state index in [-0.39, 0.29) is 24.2 Å². The first-order valence-corrected chi connectivity index (χ1v) is 6.73. The Bertz CT molecular complexity index is 560. The van der Waals surface area contributed by atoms with Crippen LogP contribution >= 0.6 is 15.9 Å². The van der Waals surface area contributed by atoms with Gasteiger partial charge in [0.05, 0.1) is 11.6 Å². The summed E-state index contributed by atoms with van der Waals surface area (Å²) in [6.07, 6.45) is -0.213. The van der Waals surface area contributed by atoms with Crippen molar-refractivity contribution in [3.63, 3.8) is 0 Å². The number of phenols is 1. The molecule has 0 aromatic heterocycles. The van der Waals surface area contributed by atoms with Gasteiger partial charge in [0.1, 0.15) is 11.8 Å². The van der Waals surface area contributed by atoms with Crippen LogP contribution in [-0.4, -0.2) is 41.2 Å². The number of ether oxygens (including phenoxy) is 1. The average Bonchev–Trinajstić information content (AvgIpc) is 2.45. The third-order valence-corrected chi connectivity index (χ3v) is 3.35. The molecule has 7 nitrogen and oxygen atoms in total. The molecule has 0 aliphatic heterocycles. The number of phenolic OH excluding ortho intramolecular Hbond substituents is 1. The highest BCUT2D eigenvalue weighted by Crippen LogP contribution is 2.24. The zero-order valence-corrected chi connectivity index (χ0v) is 12.7. The summed E-state index contributed by atoms with van der Waals surface area (Å²) in [7, 11) is 1.20. The summed E-state index contributed by atoms with van der Waals surface area (Å²) in [5.41, 5.74) is 0.111. The minimum Gasteiger partial charge on any atom is -0.507 e. The molecular weight excluding hydrogens is 346 g/mol. The Morgan fingerprint density at radius 1 is 1.38 bits per heavy atom. The number of esters is 1. The van der Waals surface area contributed by atoms with Crippen molar-refractivity contribution in [1.82, 2.24) is 5.32 Å². The van der Waals surface area contributed by atoms with E-state index in [1.807, 2.05) is 0 Å². The summed E-state index contributed by atoms with van der Waals surface area (Å²) in [4.78, 5) is 34.0. The SMILES string of the molecule is COC(=O)CC[C@@H](NC(=O)c1ccc(Br)c(O)c1)C(=O)O. The third kappa shape index (κ3) is 5.07. The number of carbonyl (C=O) groups is 3. The van der Waals surface area contributed by atoms with Gasteiger partial charge in [-0.2, -0.15) is 0 Å². The number of carboxylic acids is 1. The fraction of sp³-hybridized carbons (Fsp3) is 0.308. The van der Waals surface area contributed by atoms with Crippen LogP contribution in [0.15, 0.2) is 22.7 Å². The topological polar surface area (TPSA) is 113 Å². The standard InChI is InChI=1S/C13H14BrNO6/c1-21-11(17)5-4-9(13(19)20)15-12(18)7-2-3-8(14)10(16)6-7/h2-3,6,9,16H,4-5H2,1H3,(H,15,18)(H,19,20)/t9-/m1/s1. The number of carbonyl (C=O) groups excluding carboxylic acids is 2. The first-order chi connectivity index (χ1) is 9.85. The Hall–Kier alpha value is -2.09. The van der Waals surface area contributed by atoms with Gasteiger partial charge in [-0.25, -0.2) is 4.79 Å². The van der Waals surface area contributed by atoms with Crippen LogP contribution < -0.4 is 5.32 Å². The lowest BCUT2D eigenvalue weighted by Crippen LogP contribution is -2.41. The molecule has 1 aromatic carbocycles. The second-order valence-corrected chi connectivity index (χ2v) is 5.00. The van der Waals surface area contributed by atoms with E-state index < -0.39 is 23.9 Å². The van der Waals surface area contributed by atoms with Gasteiger partial charge in [0.25, 0.3) is 5.91 Å². The molecule has 0 saturated carbocycles. The molecular formula is C13H14BrNO6. The van der Waals surface area contributed by atoms with E-state index in [0.29, 0.717) is 4.47 Å². The maximum Gasteiger partial charge on any atom is 0.326 e. The van der Waals surface area contributed by atoms with Gasteiger partial charge in [-0.15, -0.1) is 0 Å². The number of amides is 1. The molecule has 1 amide bonds. The molecule has 0 fully saturated rings. The number of carboxylic acid groups (broad SMARTS) is 1. The lowest BCUT2D eigenvalue weighted by Gasteiger charge is -2.14. The molecule has 0 saturated heterocycles. The number of hydrogen-bond donors (Lipinski definition) is 3. The fourth-order valence-corrected chi connectivity index (χ4v) is 1.76. The predicted octanol–water partition coefficient (Wildman–Crippen LogP) is 1.29. The molecule has 0 aliphatic carbocycles. The van der Waals surface area contributed by atoms with Crippen molar-refractivity contribution in [1.29, 1.82) is 0 Å². The number of aromatic hydroxyl groups is 1. The Kier molecular flexibility index (Phi) is 6.16. The zero-order chi connectivity index (χ0) is 16.0. The van der Waals surface area contributed by atoms with E-state index in [9.17, 15) is 19.5 Å². The second kappa shape index (κ2) is 7.63. The number of aliphatic carboxylic acids is 1. The smallest absolute Gasteiger partial charge is 0.326 e. The maximum absolute atomic E-state index is 11.9. The maximum atomic E-state index is 11.9. The van der Waals surface area contributed by atoms with Crippen LogP contribution in [0.4, 0.5) is 0 Å². The van der Waals surface area contributed by atoms with Crippen LogP contribution in [0.3, 0.4) is 0 Å². The summed E-state index contributed by atoms with van der Waals surface area (Å²) in [6, 6.07) is 2.88. The number of halogens is 1. The molecule has 21 heavy (non-hydrogen) atoms. The Balaban J connectivity index is 2.74. The lowest BCUT2D eigenvalue weighted by atomic mass is 10.1. The fourth-order valence-electron chi connectivity index (χ4n) is 1.52. The van der Waals surface area contributed by atoms with Gasteiger partial charge < -0.3 is 20.3 Å². The van der Waals surface area contributed by atoms with Crippen molar-refractivity contribution in [2.75, 3.05) is 7.11 Å². The number of benzene rings is 1. The van der Waals surface area contributed by atoms with Crippen molar-refractivity contribution in [2.24, 2.45) is 0 Å². The molecule has 8 heteroatoms. The number of nitrogens with one attached hydrogen (secondary N) is 1. The van der Waals surface area contributed by atoms with Gasteiger partial charge >= 0.3 is 11.9 Å². The highest BCUT2D eigenvalue weighted by atomic mass is 79.9. The molecule has 1 aromatic rings. The summed E-state index contributed by atoms with van der Waals surface area (Å²) in [6.45, 7) is 0. The molecule has 0 unspecified atom stereocenters. The minimum absolute atomic E-state index is 0.0870. The van der Waals surface area contributed by atoms with Crippen molar-refractivity contribution in [3.05, 3.63) is 28.2 Å². The van der Waals surface area contributed by atoms with Gasteiger partial charge in [-0.1, -0.05) is 0 Å². The number of methoxy groups -OCH3 is 1. The van der Waals surface area contributed by atoms with Crippen LogP contribution in [0.25, 0.3) is 0 Å². The molecule has 1 rings (SSSR count). The van der Waals surface area contributed by atoms with Gasteiger partial charge in [0, 0.05) is 12.0 Å². The van der Waals surface area contributed by atoms with Crippen molar-refractivity contribution >= 4 is 33.8 Å².